The van der Waals surface area contributed by atoms with Crippen molar-refractivity contribution < 1.29 is 4.79 Å². The van der Waals surface area contributed by atoms with Gasteiger partial charge in [0.05, 0.1) is 5.57 Å². The zero-order valence-electron chi connectivity index (χ0n) is 15.2. The number of para-hydroxylation sites is 1. The molecule has 0 saturated heterocycles. The van der Waals surface area contributed by atoms with E-state index < -0.39 is 0 Å². The average molecular weight is 366 g/mol. The maximum atomic E-state index is 13.0. The number of hydrogen-bond acceptors (Lipinski definition) is 4. The number of nitrogens with zero attached hydrogens (tertiary/aromatic N) is 1. The molecule has 2 N–H and O–H groups in total. The van der Waals surface area contributed by atoms with Crippen molar-refractivity contribution in [1.29, 1.82) is 0 Å². The molecule has 1 aliphatic heterocycles. The first-order valence-corrected chi connectivity index (χ1v) is 9.56. The molecule has 0 bridgehead atoms. The molecule has 0 radical (unpaired) electrons. The van der Waals surface area contributed by atoms with Crippen molar-refractivity contribution in [3.8, 4) is 0 Å². The van der Waals surface area contributed by atoms with Crippen molar-refractivity contribution in [2.75, 3.05) is 5.32 Å². The van der Waals surface area contributed by atoms with Crippen molar-refractivity contribution in [1.82, 2.24) is 5.32 Å². The second-order valence-corrected chi connectivity index (χ2v) is 7.96. The van der Waals surface area contributed by atoms with Gasteiger partial charge >= 0.3 is 0 Å². The largest absolute Gasteiger partial charge is 0.338 e. The number of aliphatic imine (C=N–C) groups is 1. The highest BCUT2D eigenvalue weighted by molar-refractivity contribution is 8.14. The van der Waals surface area contributed by atoms with Gasteiger partial charge in [-0.3, -0.25) is 4.79 Å². The standard InChI is InChI=1S/C21H23N3OS/c1-14(2)26-21-22-15(3)18(19(24-21)16-10-6-4-7-11-16)20(25)23-17-12-8-5-9-13-17/h4-14,19H,1-3H3,(H,22,24)(H,23,25)/t19-/m0/s1. The minimum Gasteiger partial charge on any atom is -0.338 e. The van der Waals surface area contributed by atoms with E-state index in [1.165, 1.54) is 0 Å². The lowest BCUT2D eigenvalue weighted by Gasteiger charge is -2.27. The Labute approximate surface area is 158 Å². The lowest BCUT2D eigenvalue weighted by Crippen LogP contribution is -2.32. The topological polar surface area (TPSA) is 53.5 Å². The molecule has 26 heavy (non-hydrogen) atoms. The fourth-order valence-corrected chi connectivity index (χ4v) is 3.65. The molecule has 3 rings (SSSR count). The summed E-state index contributed by atoms with van der Waals surface area (Å²) in [6.07, 6.45) is 0. The van der Waals surface area contributed by atoms with Crippen molar-refractivity contribution in [3.63, 3.8) is 0 Å². The van der Waals surface area contributed by atoms with E-state index in [1.54, 1.807) is 11.8 Å². The Morgan fingerprint density at radius 3 is 2.31 bits per heavy atom. The summed E-state index contributed by atoms with van der Waals surface area (Å²) in [6.45, 7) is 6.19. The molecule has 0 saturated carbocycles. The van der Waals surface area contributed by atoms with Crippen LogP contribution in [0.1, 0.15) is 32.4 Å². The van der Waals surface area contributed by atoms with E-state index in [-0.39, 0.29) is 11.9 Å². The first-order valence-electron chi connectivity index (χ1n) is 8.68. The van der Waals surface area contributed by atoms with Gasteiger partial charge in [-0.15, -0.1) is 0 Å². The summed E-state index contributed by atoms with van der Waals surface area (Å²) in [7, 11) is 0. The summed E-state index contributed by atoms with van der Waals surface area (Å²) in [5.41, 5.74) is 3.27. The number of carbonyl (C=O) groups is 1. The summed E-state index contributed by atoms with van der Waals surface area (Å²) in [5.74, 6) is -0.132. The number of amidine groups is 1. The van der Waals surface area contributed by atoms with E-state index in [4.69, 9.17) is 4.99 Å². The average Bonchev–Trinajstić information content (AvgIpc) is 2.62. The second kappa shape index (κ2) is 8.23. The Balaban J connectivity index is 1.94. The normalized spacial score (nSPS) is 16.9. The van der Waals surface area contributed by atoms with Gasteiger partial charge in [0.25, 0.3) is 5.91 Å². The van der Waals surface area contributed by atoms with Gasteiger partial charge in [0, 0.05) is 16.6 Å². The smallest absolute Gasteiger partial charge is 0.255 e. The molecule has 0 fully saturated rings. The number of benzene rings is 2. The zero-order chi connectivity index (χ0) is 18.5. The van der Waals surface area contributed by atoms with Gasteiger partial charge in [-0.1, -0.05) is 74.1 Å². The molecule has 2 aromatic rings. The van der Waals surface area contributed by atoms with Crippen LogP contribution in [-0.2, 0) is 4.79 Å². The van der Waals surface area contributed by atoms with E-state index in [0.29, 0.717) is 10.8 Å². The summed E-state index contributed by atoms with van der Waals surface area (Å²) in [4.78, 5) is 17.8. The van der Waals surface area contributed by atoms with Crippen LogP contribution in [0.2, 0.25) is 0 Å². The van der Waals surface area contributed by atoms with E-state index in [9.17, 15) is 4.79 Å². The van der Waals surface area contributed by atoms with Gasteiger partial charge in [0.1, 0.15) is 6.04 Å². The minimum absolute atomic E-state index is 0.132. The van der Waals surface area contributed by atoms with Crippen molar-refractivity contribution >= 4 is 28.5 Å². The number of anilines is 1. The van der Waals surface area contributed by atoms with E-state index in [0.717, 1.165) is 22.1 Å². The number of amides is 1. The first-order chi connectivity index (χ1) is 12.5. The van der Waals surface area contributed by atoms with E-state index >= 15 is 0 Å². The molecule has 1 heterocycles. The Bertz CT molecular complexity index is 829. The fraction of sp³-hybridized carbons (Fsp3) is 0.238. The minimum atomic E-state index is -0.317. The van der Waals surface area contributed by atoms with Gasteiger partial charge in [-0.2, -0.15) is 0 Å². The van der Waals surface area contributed by atoms with Crippen LogP contribution in [0.5, 0.6) is 0 Å². The van der Waals surface area contributed by atoms with Gasteiger partial charge in [-0.05, 0) is 24.6 Å². The Kier molecular flexibility index (Phi) is 5.78. The van der Waals surface area contributed by atoms with E-state index in [2.05, 4.69) is 24.5 Å². The number of rotatable bonds is 4. The number of hydrogen-bond donors (Lipinski definition) is 2. The lowest BCUT2D eigenvalue weighted by atomic mass is 9.96. The van der Waals surface area contributed by atoms with Crippen LogP contribution in [0, 0.1) is 0 Å². The molecule has 5 heteroatoms. The Hall–Kier alpha value is -2.53. The SMILES string of the molecule is CC1=C(C(=O)Nc2ccccc2)[C@H](c2ccccc2)N=C(SC(C)C)N1. The molecule has 4 nitrogen and oxygen atoms in total. The molecule has 2 aromatic carbocycles. The molecule has 0 aliphatic carbocycles. The summed E-state index contributed by atoms with van der Waals surface area (Å²) >= 11 is 1.67. The van der Waals surface area contributed by atoms with E-state index in [1.807, 2.05) is 67.6 Å². The second-order valence-electron chi connectivity index (χ2n) is 6.40. The number of nitrogens with one attached hydrogen (secondary N) is 2. The van der Waals surface area contributed by atoms with Crippen LogP contribution < -0.4 is 10.6 Å². The molecule has 1 amide bonds. The van der Waals surface area contributed by atoms with Gasteiger partial charge in [0.2, 0.25) is 0 Å². The van der Waals surface area contributed by atoms with Crippen LogP contribution in [0.15, 0.2) is 76.9 Å². The molecular formula is C21H23N3OS. The number of carbonyl (C=O) groups excluding carboxylic acids is 1. The van der Waals surface area contributed by atoms with Crippen LogP contribution in [0.3, 0.4) is 0 Å². The van der Waals surface area contributed by atoms with Crippen molar-refractivity contribution in [3.05, 3.63) is 77.5 Å². The van der Waals surface area contributed by atoms with Gasteiger partial charge in [-0.25, -0.2) is 4.99 Å². The molecule has 1 atom stereocenters. The Morgan fingerprint density at radius 2 is 1.69 bits per heavy atom. The lowest BCUT2D eigenvalue weighted by molar-refractivity contribution is -0.113. The summed E-state index contributed by atoms with van der Waals surface area (Å²) in [6, 6.07) is 19.1. The van der Waals surface area contributed by atoms with Crippen LogP contribution in [-0.4, -0.2) is 16.3 Å². The molecule has 0 unspecified atom stereocenters. The third-order valence-electron chi connectivity index (χ3n) is 3.96. The fourth-order valence-electron chi connectivity index (χ4n) is 2.82. The third-order valence-corrected chi connectivity index (χ3v) is 4.86. The quantitative estimate of drug-likeness (QED) is 0.823. The van der Waals surface area contributed by atoms with Crippen molar-refractivity contribution in [2.45, 2.75) is 32.1 Å². The number of allylic oxidation sites excluding steroid dienone is 1. The highest BCUT2D eigenvalue weighted by Crippen LogP contribution is 2.33. The highest BCUT2D eigenvalue weighted by atomic mass is 32.2. The summed E-state index contributed by atoms with van der Waals surface area (Å²) < 4.78 is 0. The maximum absolute atomic E-state index is 13.0. The predicted octanol–water partition coefficient (Wildman–Crippen LogP) is 4.74. The molecular weight excluding hydrogens is 342 g/mol. The molecule has 0 spiro atoms. The van der Waals surface area contributed by atoms with Crippen LogP contribution >= 0.6 is 11.8 Å². The zero-order valence-corrected chi connectivity index (χ0v) is 16.0. The number of thioether (sulfide) groups is 1. The van der Waals surface area contributed by atoms with Crippen molar-refractivity contribution in [2.24, 2.45) is 4.99 Å². The maximum Gasteiger partial charge on any atom is 0.255 e. The first kappa shape index (κ1) is 18.3. The molecule has 0 aromatic heterocycles. The van der Waals surface area contributed by atoms with Gasteiger partial charge in [0.15, 0.2) is 5.17 Å². The predicted molar refractivity (Wildman–Crippen MR) is 110 cm³/mol. The van der Waals surface area contributed by atoms with Gasteiger partial charge < -0.3 is 10.6 Å². The molecule has 134 valence electrons. The molecule has 1 aliphatic rings. The van der Waals surface area contributed by atoms with Crippen LogP contribution in [0.25, 0.3) is 0 Å². The highest BCUT2D eigenvalue weighted by Gasteiger charge is 2.29. The van der Waals surface area contributed by atoms with Crippen LogP contribution in [0.4, 0.5) is 5.69 Å². The third kappa shape index (κ3) is 4.35. The summed E-state index contributed by atoms with van der Waals surface area (Å²) in [5, 5.41) is 7.54. The Morgan fingerprint density at radius 1 is 1.08 bits per heavy atom. The monoisotopic (exact) mass is 365 g/mol.